The second kappa shape index (κ2) is 4.30. The molecule has 1 aromatic carbocycles. The van der Waals surface area contributed by atoms with Gasteiger partial charge in [-0.1, -0.05) is 0 Å². The zero-order valence-electron chi connectivity index (χ0n) is 11.2. The maximum atomic E-state index is 5.20. The van der Waals surface area contributed by atoms with E-state index < -0.39 is 0 Å². The van der Waals surface area contributed by atoms with Crippen LogP contribution in [0, 0.1) is 0 Å². The van der Waals surface area contributed by atoms with E-state index in [-0.39, 0.29) is 0 Å². The van der Waals surface area contributed by atoms with Crippen molar-refractivity contribution in [2.75, 3.05) is 7.11 Å². The van der Waals surface area contributed by atoms with Gasteiger partial charge in [0.2, 0.25) is 0 Å². The number of hydrogen-bond donors (Lipinski definition) is 0. The maximum absolute atomic E-state index is 5.20. The van der Waals surface area contributed by atoms with Crippen LogP contribution in [0.25, 0.3) is 22.4 Å². The fraction of sp³-hybridized carbons (Fsp3) is 0.267. The van der Waals surface area contributed by atoms with Crippen molar-refractivity contribution < 1.29 is 4.74 Å². The van der Waals surface area contributed by atoms with E-state index in [1.54, 1.807) is 13.4 Å². The number of imidazole rings is 1. The van der Waals surface area contributed by atoms with E-state index in [1.165, 1.54) is 0 Å². The number of methoxy groups -OCH3 is 1. The fourth-order valence-corrected chi connectivity index (χ4v) is 2.80. The van der Waals surface area contributed by atoms with E-state index in [1.807, 2.05) is 24.3 Å². The van der Waals surface area contributed by atoms with Gasteiger partial charge in [0.1, 0.15) is 23.4 Å². The first kappa shape index (κ1) is 11.4. The van der Waals surface area contributed by atoms with Crippen LogP contribution < -0.4 is 4.74 Å². The Bertz CT molecular complexity index is 776. The molecule has 100 valence electrons. The molecular formula is C15H14N4O. The summed E-state index contributed by atoms with van der Waals surface area (Å²) in [5.41, 5.74) is 3.84. The summed E-state index contributed by atoms with van der Waals surface area (Å²) in [6.07, 6.45) is 3.76. The van der Waals surface area contributed by atoms with Gasteiger partial charge in [-0.05, 0) is 30.7 Å². The molecule has 0 saturated carbocycles. The predicted octanol–water partition coefficient (Wildman–Crippen LogP) is 2.45. The number of nitrogens with zero attached hydrogens (tertiary/aromatic N) is 4. The average molecular weight is 266 g/mol. The van der Waals surface area contributed by atoms with Gasteiger partial charge in [-0.3, -0.25) is 0 Å². The third kappa shape index (κ3) is 1.59. The normalized spacial score (nSPS) is 13.7. The third-order valence-corrected chi connectivity index (χ3v) is 3.76. The summed E-state index contributed by atoms with van der Waals surface area (Å²) in [6, 6.07) is 7.94. The van der Waals surface area contributed by atoms with Crippen molar-refractivity contribution in [3.63, 3.8) is 0 Å². The number of aromatic nitrogens is 4. The molecule has 1 aliphatic rings. The van der Waals surface area contributed by atoms with Crippen LogP contribution in [0.15, 0.2) is 30.6 Å². The largest absolute Gasteiger partial charge is 0.497 e. The van der Waals surface area contributed by atoms with E-state index in [0.29, 0.717) is 0 Å². The van der Waals surface area contributed by atoms with Gasteiger partial charge in [0, 0.05) is 18.5 Å². The molecule has 0 bridgehead atoms. The first-order valence-electron chi connectivity index (χ1n) is 6.71. The Kier molecular flexibility index (Phi) is 2.45. The molecule has 0 radical (unpaired) electrons. The minimum absolute atomic E-state index is 0.792. The lowest BCUT2D eigenvalue weighted by Crippen LogP contribution is -1.96. The number of benzene rings is 1. The summed E-state index contributed by atoms with van der Waals surface area (Å²) in [5.74, 6) is 1.97. The summed E-state index contributed by atoms with van der Waals surface area (Å²) >= 11 is 0. The summed E-state index contributed by atoms with van der Waals surface area (Å²) < 4.78 is 7.45. The minimum atomic E-state index is 0.792. The zero-order valence-corrected chi connectivity index (χ0v) is 11.2. The highest BCUT2D eigenvalue weighted by atomic mass is 16.5. The maximum Gasteiger partial charge on any atom is 0.181 e. The van der Waals surface area contributed by atoms with Crippen LogP contribution in [-0.4, -0.2) is 26.6 Å². The minimum Gasteiger partial charge on any atom is -0.497 e. The van der Waals surface area contributed by atoms with Gasteiger partial charge in [0.05, 0.1) is 12.8 Å². The van der Waals surface area contributed by atoms with Crippen LogP contribution in [0.4, 0.5) is 0 Å². The molecule has 0 saturated heterocycles. The molecule has 0 unspecified atom stereocenters. The molecule has 3 heterocycles. The number of hydrogen-bond acceptors (Lipinski definition) is 4. The van der Waals surface area contributed by atoms with Crippen LogP contribution in [0.3, 0.4) is 0 Å². The van der Waals surface area contributed by atoms with E-state index in [0.717, 1.165) is 53.4 Å². The molecule has 4 rings (SSSR count). The van der Waals surface area contributed by atoms with Crippen LogP contribution >= 0.6 is 0 Å². The number of ether oxygens (including phenoxy) is 1. The second-order valence-corrected chi connectivity index (χ2v) is 4.91. The molecule has 0 N–H and O–H groups in total. The molecule has 0 atom stereocenters. The molecule has 5 heteroatoms. The van der Waals surface area contributed by atoms with E-state index in [2.05, 4.69) is 19.5 Å². The molecule has 0 amide bonds. The Balaban J connectivity index is 1.94. The first-order valence-corrected chi connectivity index (χ1v) is 6.71. The van der Waals surface area contributed by atoms with Crippen molar-refractivity contribution in [2.45, 2.75) is 19.4 Å². The highest BCUT2D eigenvalue weighted by molar-refractivity contribution is 5.88. The van der Waals surface area contributed by atoms with Crippen LogP contribution in [-0.2, 0) is 13.0 Å². The van der Waals surface area contributed by atoms with Gasteiger partial charge in [0.15, 0.2) is 5.65 Å². The Morgan fingerprint density at radius 3 is 2.80 bits per heavy atom. The van der Waals surface area contributed by atoms with Crippen molar-refractivity contribution in [2.24, 2.45) is 0 Å². The molecule has 0 aliphatic carbocycles. The smallest absolute Gasteiger partial charge is 0.181 e. The van der Waals surface area contributed by atoms with Crippen LogP contribution in [0.2, 0.25) is 0 Å². The van der Waals surface area contributed by atoms with Gasteiger partial charge >= 0.3 is 0 Å². The van der Waals surface area contributed by atoms with E-state index in [9.17, 15) is 0 Å². The van der Waals surface area contributed by atoms with E-state index in [4.69, 9.17) is 4.74 Å². The van der Waals surface area contributed by atoms with Crippen LogP contribution in [0.5, 0.6) is 5.75 Å². The summed E-state index contributed by atoms with van der Waals surface area (Å²) in [6.45, 7) is 1.00. The number of aryl methyl sites for hydroxylation is 2. The molecule has 2 aromatic heterocycles. The Hall–Kier alpha value is -2.43. The van der Waals surface area contributed by atoms with Crippen molar-refractivity contribution in [3.8, 4) is 17.0 Å². The lowest BCUT2D eigenvalue weighted by atomic mass is 10.1. The lowest BCUT2D eigenvalue weighted by molar-refractivity contribution is 0.415. The van der Waals surface area contributed by atoms with Crippen LogP contribution in [0.1, 0.15) is 12.2 Å². The Labute approximate surface area is 116 Å². The zero-order chi connectivity index (χ0) is 13.5. The second-order valence-electron chi connectivity index (χ2n) is 4.91. The number of rotatable bonds is 2. The lowest BCUT2D eigenvalue weighted by Gasteiger charge is -2.06. The van der Waals surface area contributed by atoms with Gasteiger partial charge < -0.3 is 9.30 Å². The Morgan fingerprint density at radius 1 is 1.15 bits per heavy atom. The molecule has 3 aromatic rings. The van der Waals surface area contributed by atoms with Crippen molar-refractivity contribution in [1.29, 1.82) is 0 Å². The number of fused-ring (bicyclic) bond motifs is 3. The summed E-state index contributed by atoms with van der Waals surface area (Å²) in [7, 11) is 1.67. The molecule has 0 fully saturated rings. The quantitative estimate of drug-likeness (QED) is 0.715. The molecule has 1 aliphatic heterocycles. The standard InChI is InChI=1S/C15H14N4O/c1-20-11-6-4-10(5-7-11)13-14-15(17-9-16-13)18-12-3-2-8-19(12)14/h4-7,9H,2-3,8H2,1H3. The third-order valence-electron chi connectivity index (χ3n) is 3.76. The molecule has 5 nitrogen and oxygen atoms in total. The summed E-state index contributed by atoms with van der Waals surface area (Å²) in [5, 5.41) is 0. The van der Waals surface area contributed by atoms with Crippen molar-refractivity contribution >= 4 is 11.2 Å². The first-order chi connectivity index (χ1) is 9.86. The topological polar surface area (TPSA) is 52.8 Å². The molecule has 20 heavy (non-hydrogen) atoms. The fourth-order valence-electron chi connectivity index (χ4n) is 2.80. The predicted molar refractivity (Wildman–Crippen MR) is 75.6 cm³/mol. The van der Waals surface area contributed by atoms with Gasteiger partial charge in [-0.25, -0.2) is 15.0 Å². The molecule has 0 spiro atoms. The monoisotopic (exact) mass is 266 g/mol. The van der Waals surface area contributed by atoms with Gasteiger partial charge in [-0.2, -0.15) is 0 Å². The van der Waals surface area contributed by atoms with Gasteiger partial charge in [0.25, 0.3) is 0 Å². The Morgan fingerprint density at radius 2 is 2.00 bits per heavy atom. The highest BCUT2D eigenvalue weighted by Crippen LogP contribution is 2.30. The van der Waals surface area contributed by atoms with E-state index >= 15 is 0 Å². The van der Waals surface area contributed by atoms with Gasteiger partial charge in [-0.15, -0.1) is 0 Å². The summed E-state index contributed by atoms with van der Waals surface area (Å²) in [4.78, 5) is 13.4. The van der Waals surface area contributed by atoms with Crippen molar-refractivity contribution in [3.05, 3.63) is 36.4 Å². The highest BCUT2D eigenvalue weighted by Gasteiger charge is 2.20. The molecular weight excluding hydrogens is 252 g/mol. The van der Waals surface area contributed by atoms with Crippen molar-refractivity contribution in [1.82, 2.24) is 19.5 Å². The average Bonchev–Trinajstić information content (AvgIpc) is 3.07. The SMILES string of the molecule is COc1ccc(-c2ncnc3nc4n(c23)CCC4)cc1.